The first-order valence-electron chi connectivity index (χ1n) is 15.3. The summed E-state index contributed by atoms with van der Waals surface area (Å²) >= 11 is 1.76. The first-order valence-corrected chi connectivity index (χ1v) is 16.1. The molecule has 43 heavy (non-hydrogen) atoms. The van der Waals surface area contributed by atoms with Gasteiger partial charge in [-0.25, -0.2) is 0 Å². The van der Waals surface area contributed by atoms with Crippen molar-refractivity contribution >= 4 is 48.2 Å². The molecule has 5 rings (SSSR count). The second-order valence-electron chi connectivity index (χ2n) is 12.0. The number of thiophene rings is 1. The van der Waals surface area contributed by atoms with Crippen LogP contribution in [0.5, 0.6) is 0 Å². The smallest absolute Gasteiger partial charge is 0.162 e. The van der Waals surface area contributed by atoms with Crippen LogP contribution in [0.25, 0.3) is 42.3 Å². The fourth-order valence-electron chi connectivity index (χ4n) is 5.52. The molecule has 0 unspecified atom stereocenters. The second-order valence-corrected chi connectivity index (χ2v) is 13.1. The molecule has 0 spiro atoms. The van der Waals surface area contributed by atoms with Crippen LogP contribution >= 0.6 is 11.3 Å². The molecule has 229 valence electrons. The molecule has 2 aromatic heterocycles. The molecular weight excluding hydrogens is 727 g/mol. The normalized spacial score (nSPS) is 12.1. The van der Waals surface area contributed by atoms with Gasteiger partial charge in [0.05, 0.1) is 5.76 Å². The summed E-state index contributed by atoms with van der Waals surface area (Å²) in [6.45, 7) is 14.9. The number of benzene rings is 3. The number of aliphatic hydroxyl groups excluding tert-OH is 1. The van der Waals surface area contributed by atoms with Gasteiger partial charge in [0, 0.05) is 59.2 Å². The van der Waals surface area contributed by atoms with Gasteiger partial charge in [0.15, 0.2) is 5.78 Å². The number of carbonyl (C=O) groups is 1. The van der Waals surface area contributed by atoms with E-state index in [4.69, 9.17) is 4.98 Å². The summed E-state index contributed by atoms with van der Waals surface area (Å²) in [5.41, 5.74) is 3.46. The fourth-order valence-corrected chi connectivity index (χ4v) is 6.60. The molecule has 0 aliphatic rings. The average Bonchev–Trinajstić information content (AvgIpc) is 3.35. The minimum atomic E-state index is 0. The van der Waals surface area contributed by atoms with Crippen LogP contribution in [-0.4, -0.2) is 15.9 Å². The zero-order valence-electron chi connectivity index (χ0n) is 26.5. The third kappa shape index (κ3) is 8.01. The standard InChI is InChI=1S/C25H20NS.C13H24O2.Ir/c1-25(2,3)21-15-17(14-16-8-4-5-9-18(16)21)22-13-12-20-19-10-6-7-11-23(19)27-24(20)26-22;1-5-10(6-2)12(14)9-13(15)11(7-3)8-4;/h4-13,15H,1-3H3;9-11,14H,5-8H2,1-4H3;/q-1;;/b;12-9-;. The molecule has 0 fully saturated rings. The Balaban J connectivity index is 0.000000274. The summed E-state index contributed by atoms with van der Waals surface area (Å²) < 4.78 is 1.29. The molecule has 0 saturated heterocycles. The van der Waals surface area contributed by atoms with E-state index in [-0.39, 0.29) is 48.9 Å². The van der Waals surface area contributed by atoms with Crippen molar-refractivity contribution in [2.45, 2.75) is 79.6 Å². The van der Waals surface area contributed by atoms with Gasteiger partial charge in [-0.3, -0.25) is 9.78 Å². The summed E-state index contributed by atoms with van der Waals surface area (Å²) in [4.78, 5) is 17.8. The van der Waals surface area contributed by atoms with E-state index in [0.29, 0.717) is 0 Å². The van der Waals surface area contributed by atoms with E-state index in [1.165, 1.54) is 32.5 Å². The van der Waals surface area contributed by atoms with Crippen molar-refractivity contribution in [3.05, 3.63) is 90.2 Å². The van der Waals surface area contributed by atoms with Crippen molar-refractivity contribution < 1.29 is 30.0 Å². The van der Waals surface area contributed by atoms with E-state index in [1.807, 2.05) is 27.7 Å². The van der Waals surface area contributed by atoms with Crippen LogP contribution in [-0.2, 0) is 30.3 Å². The van der Waals surface area contributed by atoms with Gasteiger partial charge in [-0.05, 0) is 37.2 Å². The van der Waals surface area contributed by atoms with Crippen LogP contribution in [0.2, 0.25) is 0 Å². The number of rotatable bonds is 8. The molecule has 0 amide bonds. The second kappa shape index (κ2) is 15.2. The summed E-state index contributed by atoms with van der Waals surface area (Å²) in [5, 5.41) is 14.7. The molecule has 0 saturated carbocycles. The maximum Gasteiger partial charge on any atom is 0.162 e. The Bertz CT molecular complexity index is 1700. The molecule has 3 nitrogen and oxygen atoms in total. The number of aromatic nitrogens is 1. The average molecular weight is 771 g/mol. The van der Waals surface area contributed by atoms with Gasteiger partial charge >= 0.3 is 0 Å². The zero-order valence-corrected chi connectivity index (χ0v) is 29.7. The number of hydrogen-bond donors (Lipinski definition) is 1. The number of fused-ring (bicyclic) bond motifs is 4. The Morgan fingerprint density at radius 3 is 2.09 bits per heavy atom. The van der Waals surface area contributed by atoms with Crippen LogP contribution in [0.15, 0.2) is 78.6 Å². The molecule has 0 aliphatic heterocycles. The number of allylic oxidation sites excluding steroid dienone is 2. The van der Waals surface area contributed by atoms with E-state index >= 15 is 0 Å². The molecule has 1 radical (unpaired) electrons. The number of nitrogens with zero attached hydrogens (tertiary/aromatic N) is 1. The minimum Gasteiger partial charge on any atom is -0.512 e. The molecule has 0 atom stereocenters. The van der Waals surface area contributed by atoms with Crippen LogP contribution in [0.1, 0.15) is 79.7 Å². The fraction of sp³-hybridized carbons (Fsp3) is 0.368. The monoisotopic (exact) mass is 771 g/mol. The van der Waals surface area contributed by atoms with Gasteiger partial charge in [-0.2, -0.15) is 0 Å². The molecule has 2 heterocycles. The van der Waals surface area contributed by atoms with Crippen LogP contribution in [0, 0.1) is 17.9 Å². The first-order chi connectivity index (χ1) is 20.1. The van der Waals surface area contributed by atoms with E-state index in [0.717, 1.165) is 47.2 Å². The van der Waals surface area contributed by atoms with Crippen LogP contribution < -0.4 is 0 Å². The predicted molar refractivity (Wildman–Crippen MR) is 181 cm³/mol. The molecule has 3 aromatic carbocycles. The summed E-state index contributed by atoms with van der Waals surface area (Å²) in [7, 11) is 0. The molecule has 5 heteroatoms. The number of aliphatic hydroxyl groups is 1. The van der Waals surface area contributed by atoms with E-state index in [2.05, 4.69) is 93.6 Å². The van der Waals surface area contributed by atoms with Gasteiger partial charge in [0.2, 0.25) is 0 Å². The van der Waals surface area contributed by atoms with Gasteiger partial charge in [0.1, 0.15) is 4.83 Å². The number of pyridine rings is 1. The molecule has 1 N–H and O–H groups in total. The molecule has 0 bridgehead atoms. The van der Waals surface area contributed by atoms with Crippen molar-refractivity contribution in [1.82, 2.24) is 4.98 Å². The maximum atomic E-state index is 11.7. The minimum absolute atomic E-state index is 0. The van der Waals surface area contributed by atoms with E-state index in [1.54, 1.807) is 11.3 Å². The summed E-state index contributed by atoms with van der Waals surface area (Å²) in [5.74, 6) is 0.547. The Labute approximate surface area is 274 Å². The third-order valence-corrected chi connectivity index (χ3v) is 9.27. The predicted octanol–water partition coefficient (Wildman–Crippen LogP) is 11.2. The van der Waals surface area contributed by atoms with Crippen molar-refractivity contribution in [1.29, 1.82) is 0 Å². The Morgan fingerprint density at radius 2 is 1.47 bits per heavy atom. The van der Waals surface area contributed by atoms with Crippen molar-refractivity contribution in [2.75, 3.05) is 0 Å². The Morgan fingerprint density at radius 1 is 0.860 bits per heavy atom. The molecular formula is C38H44IrNO2S-. The third-order valence-electron chi connectivity index (χ3n) is 8.19. The van der Waals surface area contributed by atoms with Crippen molar-refractivity contribution in [3.8, 4) is 11.3 Å². The van der Waals surface area contributed by atoms with Crippen LogP contribution in [0.4, 0.5) is 0 Å². The van der Waals surface area contributed by atoms with Crippen LogP contribution in [0.3, 0.4) is 0 Å². The van der Waals surface area contributed by atoms with Gasteiger partial charge in [-0.15, -0.1) is 40.5 Å². The Hall–Kier alpha value is -2.85. The number of hydrogen-bond acceptors (Lipinski definition) is 4. The maximum absolute atomic E-state index is 11.7. The molecule has 0 aliphatic carbocycles. The van der Waals surface area contributed by atoms with Crippen molar-refractivity contribution in [2.24, 2.45) is 11.8 Å². The quantitative estimate of drug-likeness (QED) is 0.0971. The number of carbonyl (C=O) groups excluding carboxylic acids is 1. The largest absolute Gasteiger partial charge is 0.512 e. The summed E-state index contributed by atoms with van der Waals surface area (Å²) in [6.07, 6.45) is 4.91. The van der Waals surface area contributed by atoms with Gasteiger partial charge < -0.3 is 5.11 Å². The molecule has 5 aromatic rings. The topological polar surface area (TPSA) is 50.2 Å². The zero-order chi connectivity index (χ0) is 30.4. The Kier molecular flexibility index (Phi) is 12.3. The van der Waals surface area contributed by atoms with E-state index < -0.39 is 0 Å². The van der Waals surface area contributed by atoms with Gasteiger partial charge in [-0.1, -0.05) is 108 Å². The first kappa shape index (κ1) is 34.6. The SMILES string of the molecule is CC(C)(C)c1cc(-c2ccc3c(n2)sc2ccccc23)[c-]c2ccccc12.CCC(CC)C(=O)/C=C(\O)C(CC)CC.[Ir]. The van der Waals surface area contributed by atoms with Crippen molar-refractivity contribution in [3.63, 3.8) is 0 Å². The number of ketones is 1. The van der Waals surface area contributed by atoms with E-state index in [9.17, 15) is 9.90 Å². The van der Waals surface area contributed by atoms with Gasteiger partial charge in [0.25, 0.3) is 0 Å². The summed E-state index contributed by atoms with van der Waals surface area (Å²) in [6, 6.07) is 27.2.